The second-order valence-corrected chi connectivity index (χ2v) is 5.09. The lowest BCUT2D eigenvalue weighted by Gasteiger charge is -2.03. The zero-order valence-electron chi connectivity index (χ0n) is 10.2. The lowest BCUT2D eigenvalue weighted by atomic mass is 10.1. The van der Waals surface area contributed by atoms with E-state index in [4.69, 9.17) is 5.26 Å². The fraction of sp³-hybridized carbons (Fsp3) is 0.0667. The molecule has 0 N–H and O–H groups in total. The van der Waals surface area contributed by atoms with Gasteiger partial charge in [-0.2, -0.15) is 10.4 Å². The quantitative estimate of drug-likeness (QED) is 0.727. The van der Waals surface area contributed by atoms with Crippen LogP contribution >= 0.6 is 11.3 Å². The van der Waals surface area contributed by atoms with E-state index in [9.17, 15) is 0 Å². The van der Waals surface area contributed by atoms with Gasteiger partial charge in [-0.25, -0.2) is 0 Å². The summed E-state index contributed by atoms with van der Waals surface area (Å²) in [5.74, 6) is 0. The van der Waals surface area contributed by atoms with E-state index in [1.54, 1.807) is 11.3 Å². The summed E-state index contributed by atoms with van der Waals surface area (Å²) >= 11 is 1.68. The van der Waals surface area contributed by atoms with E-state index in [2.05, 4.69) is 17.2 Å². The van der Waals surface area contributed by atoms with Gasteiger partial charge in [-0.3, -0.25) is 4.68 Å². The van der Waals surface area contributed by atoms with E-state index in [1.165, 1.54) is 0 Å². The molecule has 92 valence electrons. The Kier molecular flexibility index (Phi) is 3.13. The Labute approximate surface area is 115 Å². The smallest absolute Gasteiger partial charge is 0.102 e. The van der Waals surface area contributed by atoms with Gasteiger partial charge >= 0.3 is 0 Å². The summed E-state index contributed by atoms with van der Waals surface area (Å²) in [5, 5.41) is 15.7. The lowest BCUT2D eigenvalue weighted by molar-refractivity contribution is 0.688. The fourth-order valence-corrected chi connectivity index (χ4v) is 2.64. The summed E-state index contributed by atoms with van der Waals surface area (Å²) in [5.41, 5.74) is 2.67. The van der Waals surface area contributed by atoms with Crippen LogP contribution in [0.2, 0.25) is 0 Å². The second kappa shape index (κ2) is 5.09. The van der Waals surface area contributed by atoms with E-state index in [-0.39, 0.29) is 0 Å². The van der Waals surface area contributed by atoms with Crippen LogP contribution in [0, 0.1) is 11.3 Å². The van der Waals surface area contributed by atoms with Crippen molar-refractivity contribution in [2.24, 2.45) is 0 Å². The topological polar surface area (TPSA) is 41.6 Å². The summed E-state index contributed by atoms with van der Waals surface area (Å²) in [6, 6.07) is 15.9. The summed E-state index contributed by atoms with van der Waals surface area (Å²) in [6.45, 7) is 0.620. The molecule has 3 nitrogen and oxygen atoms in total. The van der Waals surface area contributed by atoms with E-state index in [0.29, 0.717) is 12.1 Å². The SMILES string of the molecule is N#Cc1ccccc1Cn1ccc(-c2cccs2)n1. The fourth-order valence-electron chi connectivity index (χ4n) is 1.95. The molecule has 0 aliphatic heterocycles. The summed E-state index contributed by atoms with van der Waals surface area (Å²) in [4.78, 5) is 1.16. The lowest BCUT2D eigenvalue weighted by Crippen LogP contribution is -2.02. The van der Waals surface area contributed by atoms with Gasteiger partial charge in [0.15, 0.2) is 0 Å². The highest BCUT2D eigenvalue weighted by Crippen LogP contribution is 2.22. The maximum atomic E-state index is 9.07. The third kappa shape index (κ3) is 2.42. The van der Waals surface area contributed by atoms with Crippen LogP contribution in [0.1, 0.15) is 11.1 Å². The van der Waals surface area contributed by atoms with E-state index in [1.807, 2.05) is 52.7 Å². The Bertz CT molecular complexity index is 720. The van der Waals surface area contributed by atoms with E-state index in [0.717, 1.165) is 16.1 Å². The van der Waals surface area contributed by atoms with Crippen molar-refractivity contribution < 1.29 is 0 Å². The zero-order valence-corrected chi connectivity index (χ0v) is 11.0. The second-order valence-electron chi connectivity index (χ2n) is 4.14. The van der Waals surface area contributed by atoms with Crippen LogP contribution in [0.15, 0.2) is 54.0 Å². The normalized spacial score (nSPS) is 10.3. The zero-order chi connectivity index (χ0) is 13.1. The molecule has 2 heterocycles. The molecule has 0 fully saturated rings. The van der Waals surface area contributed by atoms with Crippen molar-refractivity contribution in [1.82, 2.24) is 9.78 Å². The number of rotatable bonds is 3. The maximum absolute atomic E-state index is 9.07. The third-order valence-corrected chi connectivity index (χ3v) is 3.78. The minimum absolute atomic E-state index is 0.620. The molecule has 4 heteroatoms. The van der Waals surface area contributed by atoms with Gasteiger partial charge in [-0.1, -0.05) is 24.3 Å². The molecule has 0 saturated carbocycles. The maximum Gasteiger partial charge on any atom is 0.102 e. The summed E-state index contributed by atoms with van der Waals surface area (Å²) in [6.07, 6.45) is 1.95. The van der Waals surface area contributed by atoms with Gasteiger partial charge in [0.05, 0.1) is 23.1 Å². The number of nitrogens with zero attached hydrogens (tertiary/aromatic N) is 3. The molecule has 2 aromatic heterocycles. The van der Waals surface area contributed by atoms with Crippen molar-refractivity contribution in [3.63, 3.8) is 0 Å². The number of hydrogen-bond donors (Lipinski definition) is 0. The van der Waals surface area contributed by atoms with Crippen molar-refractivity contribution >= 4 is 11.3 Å². The molecule has 0 atom stereocenters. The van der Waals surface area contributed by atoms with E-state index >= 15 is 0 Å². The molecule has 0 amide bonds. The first-order chi connectivity index (χ1) is 9.36. The average Bonchev–Trinajstić information content (AvgIpc) is 3.09. The Morgan fingerprint density at radius 2 is 2.05 bits per heavy atom. The van der Waals surface area contributed by atoms with Crippen molar-refractivity contribution in [3.05, 3.63) is 65.2 Å². The molecule has 0 bridgehead atoms. The molecule has 1 aromatic carbocycles. The molecular weight excluding hydrogens is 254 g/mol. The minimum atomic E-state index is 0.620. The first-order valence-electron chi connectivity index (χ1n) is 5.92. The average molecular weight is 265 g/mol. The molecule has 0 saturated heterocycles. The number of thiophene rings is 1. The van der Waals surface area contributed by atoms with Crippen molar-refractivity contribution in [3.8, 4) is 16.6 Å². The molecule has 0 spiro atoms. The van der Waals surface area contributed by atoms with Crippen molar-refractivity contribution in [2.75, 3.05) is 0 Å². The predicted molar refractivity (Wildman–Crippen MR) is 75.8 cm³/mol. The first kappa shape index (κ1) is 11.7. The van der Waals surface area contributed by atoms with Gasteiger partial charge in [0, 0.05) is 6.20 Å². The van der Waals surface area contributed by atoms with Gasteiger partial charge in [0.25, 0.3) is 0 Å². The highest BCUT2D eigenvalue weighted by molar-refractivity contribution is 7.13. The van der Waals surface area contributed by atoms with E-state index < -0.39 is 0 Å². The highest BCUT2D eigenvalue weighted by atomic mass is 32.1. The molecule has 19 heavy (non-hydrogen) atoms. The van der Waals surface area contributed by atoms with Crippen LogP contribution in [0.4, 0.5) is 0 Å². The van der Waals surface area contributed by atoms with Crippen LogP contribution in [0.25, 0.3) is 10.6 Å². The van der Waals surface area contributed by atoms with Gasteiger partial charge < -0.3 is 0 Å². The largest absolute Gasteiger partial charge is 0.268 e. The Morgan fingerprint density at radius 3 is 2.84 bits per heavy atom. The van der Waals surface area contributed by atoms with Crippen LogP contribution in [0.5, 0.6) is 0 Å². The van der Waals surface area contributed by atoms with Gasteiger partial charge in [-0.15, -0.1) is 11.3 Å². The highest BCUT2D eigenvalue weighted by Gasteiger charge is 2.05. The summed E-state index contributed by atoms with van der Waals surface area (Å²) < 4.78 is 1.87. The van der Waals surface area contributed by atoms with Gasteiger partial charge in [0.1, 0.15) is 5.69 Å². The minimum Gasteiger partial charge on any atom is -0.268 e. The Morgan fingerprint density at radius 1 is 1.16 bits per heavy atom. The monoisotopic (exact) mass is 265 g/mol. The molecule has 3 aromatic rings. The Balaban J connectivity index is 1.87. The number of nitriles is 1. The number of aromatic nitrogens is 2. The predicted octanol–water partition coefficient (Wildman–Crippen LogP) is 3.53. The molecular formula is C15H11N3S. The van der Waals surface area contributed by atoms with Gasteiger partial charge in [0.2, 0.25) is 0 Å². The van der Waals surface area contributed by atoms with Gasteiger partial charge in [-0.05, 0) is 29.1 Å². The molecule has 0 unspecified atom stereocenters. The van der Waals surface area contributed by atoms with Crippen molar-refractivity contribution in [1.29, 1.82) is 5.26 Å². The number of hydrogen-bond acceptors (Lipinski definition) is 3. The Hall–Kier alpha value is -2.38. The third-order valence-electron chi connectivity index (χ3n) is 2.88. The molecule has 0 aliphatic rings. The first-order valence-corrected chi connectivity index (χ1v) is 6.80. The van der Waals surface area contributed by atoms with Crippen LogP contribution in [-0.2, 0) is 6.54 Å². The standard InChI is InChI=1S/C15H11N3S/c16-10-12-4-1-2-5-13(12)11-18-8-7-14(17-18)15-6-3-9-19-15/h1-9H,11H2. The molecule has 3 rings (SSSR count). The summed E-state index contributed by atoms with van der Waals surface area (Å²) in [7, 11) is 0. The number of benzene rings is 1. The molecule has 0 aliphatic carbocycles. The van der Waals surface area contributed by atoms with Crippen LogP contribution < -0.4 is 0 Å². The van der Waals surface area contributed by atoms with Crippen molar-refractivity contribution in [2.45, 2.75) is 6.54 Å². The van der Waals surface area contributed by atoms with Crippen LogP contribution in [-0.4, -0.2) is 9.78 Å². The molecule has 0 radical (unpaired) electrons. The van der Waals surface area contributed by atoms with Crippen LogP contribution in [0.3, 0.4) is 0 Å².